The van der Waals surface area contributed by atoms with E-state index in [4.69, 9.17) is 5.26 Å². The number of carbonyl (C=O) groups is 1. The van der Waals surface area contributed by atoms with E-state index in [1.54, 1.807) is 6.07 Å². The molecule has 0 unspecified atom stereocenters. The van der Waals surface area contributed by atoms with Gasteiger partial charge in [0.25, 0.3) is 5.69 Å². The average molecular weight is 349 g/mol. The monoisotopic (exact) mass is 349 g/mol. The number of nitrogens with zero attached hydrogens (tertiary/aromatic N) is 4. The molecule has 0 spiro atoms. The van der Waals surface area contributed by atoms with Crippen LogP contribution < -0.4 is 5.32 Å². The van der Waals surface area contributed by atoms with Gasteiger partial charge in [-0.1, -0.05) is 24.3 Å². The first-order valence-electron chi connectivity index (χ1n) is 7.94. The lowest BCUT2D eigenvalue weighted by Gasteiger charge is -2.08. The van der Waals surface area contributed by atoms with Gasteiger partial charge in [0, 0.05) is 12.6 Å². The molecule has 3 aromatic rings. The number of para-hydroxylation sites is 4. The smallest absolute Gasteiger partial charge is 0.292 e. The molecule has 26 heavy (non-hydrogen) atoms. The third kappa shape index (κ3) is 3.52. The number of nitrogens with one attached hydrogen (secondary N) is 1. The van der Waals surface area contributed by atoms with Crippen molar-refractivity contribution in [3.8, 4) is 6.07 Å². The van der Waals surface area contributed by atoms with Gasteiger partial charge in [0.05, 0.1) is 34.9 Å². The van der Waals surface area contributed by atoms with Crippen LogP contribution in [0.15, 0.2) is 48.5 Å². The van der Waals surface area contributed by atoms with Crippen molar-refractivity contribution in [2.24, 2.45) is 0 Å². The molecule has 0 fully saturated rings. The minimum atomic E-state index is -0.544. The highest BCUT2D eigenvalue weighted by Gasteiger charge is 2.18. The van der Waals surface area contributed by atoms with Crippen LogP contribution in [0.3, 0.4) is 0 Å². The summed E-state index contributed by atoms with van der Waals surface area (Å²) in [4.78, 5) is 27.4. The number of nitro benzene ring substituents is 1. The number of imidazole rings is 1. The Balaban J connectivity index is 1.86. The summed E-state index contributed by atoms with van der Waals surface area (Å²) in [7, 11) is 0. The maximum atomic E-state index is 12.4. The maximum absolute atomic E-state index is 12.4. The number of rotatable bonds is 6. The largest absolute Gasteiger partial charge is 0.327 e. The SMILES string of the molecule is N#CCCn1c(CC(=O)Nc2ccccc2[N+](=O)[O-])nc2ccccc21. The molecule has 0 aliphatic rings. The highest BCUT2D eigenvalue weighted by Crippen LogP contribution is 2.23. The van der Waals surface area contributed by atoms with E-state index in [1.807, 2.05) is 28.8 Å². The molecule has 1 heterocycles. The van der Waals surface area contributed by atoms with E-state index in [-0.39, 0.29) is 17.8 Å². The van der Waals surface area contributed by atoms with Gasteiger partial charge in [-0.3, -0.25) is 14.9 Å². The highest BCUT2D eigenvalue weighted by atomic mass is 16.6. The van der Waals surface area contributed by atoms with Crippen LogP contribution in [0.1, 0.15) is 12.2 Å². The molecule has 1 amide bonds. The summed E-state index contributed by atoms with van der Waals surface area (Å²) in [5.41, 5.74) is 1.55. The zero-order valence-electron chi connectivity index (χ0n) is 13.8. The molecular weight excluding hydrogens is 334 g/mol. The van der Waals surface area contributed by atoms with E-state index in [0.717, 1.165) is 11.0 Å². The second-order valence-corrected chi connectivity index (χ2v) is 5.58. The molecule has 0 saturated carbocycles. The predicted octanol–water partition coefficient (Wildman–Crippen LogP) is 3.04. The lowest BCUT2D eigenvalue weighted by Crippen LogP contribution is -2.18. The van der Waals surface area contributed by atoms with Gasteiger partial charge in [0.15, 0.2) is 0 Å². The standard InChI is InChI=1S/C18H15N5O3/c19-10-5-11-22-15-8-3-1-6-13(15)20-17(22)12-18(24)21-14-7-2-4-9-16(14)23(25)26/h1-4,6-9H,5,11-12H2,(H,21,24). The molecule has 8 heteroatoms. The number of nitro groups is 1. The molecule has 0 aliphatic heterocycles. The summed E-state index contributed by atoms with van der Waals surface area (Å²) in [6.07, 6.45) is 0.241. The Morgan fingerprint density at radius 1 is 1.23 bits per heavy atom. The van der Waals surface area contributed by atoms with Gasteiger partial charge in [-0.05, 0) is 18.2 Å². The molecule has 0 bridgehead atoms. The molecule has 0 atom stereocenters. The third-order valence-corrected chi connectivity index (χ3v) is 3.87. The van der Waals surface area contributed by atoms with Crippen molar-refractivity contribution in [3.05, 3.63) is 64.5 Å². The van der Waals surface area contributed by atoms with Gasteiger partial charge in [0.1, 0.15) is 11.5 Å². The minimum absolute atomic E-state index is 0.0494. The fourth-order valence-corrected chi connectivity index (χ4v) is 2.75. The van der Waals surface area contributed by atoms with Crippen molar-refractivity contribution in [1.82, 2.24) is 9.55 Å². The van der Waals surface area contributed by atoms with E-state index in [1.165, 1.54) is 18.2 Å². The van der Waals surface area contributed by atoms with Crippen molar-refractivity contribution in [1.29, 1.82) is 5.26 Å². The Labute approximate surface area is 148 Å². The summed E-state index contributed by atoms with van der Waals surface area (Å²) >= 11 is 0. The van der Waals surface area contributed by atoms with Gasteiger partial charge in [0.2, 0.25) is 5.91 Å². The first-order chi connectivity index (χ1) is 12.6. The van der Waals surface area contributed by atoms with Crippen LogP contribution in [0, 0.1) is 21.4 Å². The number of aromatic nitrogens is 2. The number of aryl methyl sites for hydroxylation is 1. The number of carbonyl (C=O) groups excluding carboxylic acids is 1. The predicted molar refractivity (Wildman–Crippen MR) is 95.4 cm³/mol. The van der Waals surface area contributed by atoms with Gasteiger partial charge in [-0.15, -0.1) is 0 Å². The van der Waals surface area contributed by atoms with Crippen LogP contribution in [0.2, 0.25) is 0 Å². The molecule has 0 aliphatic carbocycles. The summed E-state index contributed by atoms with van der Waals surface area (Å²) in [5, 5.41) is 22.5. The molecule has 130 valence electrons. The molecule has 0 saturated heterocycles. The normalized spacial score (nSPS) is 10.4. The van der Waals surface area contributed by atoms with Crippen LogP contribution in [-0.4, -0.2) is 20.4 Å². The zero-order valence-corrected chi connectivity index (χ0v) is 13.8. The summed E-state index contributed by atoms with van der Waals surface area (Å²) in [6, 6.07) is 15.5. The molecule has 1 N–H and O–H groups in total. The highest BCUT2D eigenvalue weighted by molar-refractivity contribution is 5.94. The van der Waals surface area contributed by atoms with Gasteiger partial charge in [-0.25, -0.2) is 4.98 Å². The number of benzene rings is 2. The minimum Gasteiger partial charge on any atom is -0.327 e. The van der Waals surface area contributed by atoms with Gasteiger partial charge in [-0.2, -0.15) is 5.26 Å². The van der Waals surface area contributed by atoms with Crippen LogP contribution in [-0.2, 0) is 17.8 Å². The molecular formula is C18H15N5O3. The number of amides is 1. The lowest BCUT2D eigenvalue weighted by atomic mass is 10.2. The summed E-state index contributed by atoms with van der Waals surface area (Å²) < 4.78 is 1.83. The summed E-state index contributed by atoms with van der Waals surface area (Å²) in [5.74, 6) is 0.102. The second-order valence-electron chi connectivity index (χ2n) is 5.58. The van der Waals surface area contributed by atoms with E-state index in [2.05, 4.69) is 16.4 Å². The van der Waals surface area contributed by atoms with Gasteiger partial charge >= 0.3 is 0 Å². The summed E-state index contributed by atoms with van der Waals surface area (Å²) in [6.45, 7) is 0.422. The van der Waals surface area contributed by atoms with Crippen LogP contribution in [0.5, 0.6) is 0 Å². The maximum Gasteiger partial charge on any atom is 0.292 e. The number of nitriles is 1. The Kier molecular flexibility index (Phi) is 4.90. The third-order valence-electron chi connectivity index (χ3n) is 3.87. The Morgan fingerprint density at radius 3 is 2.73 bits per heavy atom. The topological polar surface area (TPSA) is 114 Å². The fourth-order valence-electron chi connectivity index (χ4n) is 2.75. The van der Waals surface area contributed by atoms with E-state index < -0.39 is 10.8 Å². The number of anilines is 1. The van der Waals surface area contributed by atoms with Crippen molar-refractivity contribution < 1.29 is 9.72 Å². The molecule has 2 aromatic carbocycles. The molecule has 1 aromatic heterocycles. The van der Waals surface area contributed by atoms with Crippen LogP contribution in [0.4, 0.5) is 11.4 Å². The van der Waals surface area contributed by atoms with Gasteiger partial charge < -0.3 is 9.88 Å². The van der Waals surface area contributed by atoms with Crippen molar-refractivity contribution >= 4 is 28.3 Å². The van der Waals surface area contributed by atoms with Crippen LogP contribution in [0.25, 0.3) is 11.0 Å². The second kappa shape index (κ2) is 7.44. The Hall–Kier alpha value is -3.73. The quantitative estimate of drug-likeness (QED) is 0.542. The number of hydrogen-bond acceptors (Lipinski definition) is 5. The zero-order chi connectivity index (χ0) is 18.5. The first kappa shape index (κ1) is 17.1. The van der Waals surface area contributed by atoms with E-state index in [9.17, 15) is 14.9 Å². The van der Waals surface area contributed by atoms with Crippen molar-refractivity contribution in [2.45, 2.75) is 19.4 Å². The van der Waals surface area contributed by atoms with E-state index >= 15 is 0 Å². The number of fused-ring (bicyclic) bond motifs is 1. The Bertz CT molecular complexity index is 1020. The molecule has 3 rings (SSSR count). The van der Waals surface area contributed by atoms with Crippen LogP contribution >= 0.6 is 0 Å². The average Bonchev–Trinajstić information content (AvgIpc) is 2.97. The number of hydrogen-bond donors (Lipinski definition) is 1. The van der Waals surface area contributed by atoms with E-state index in [0.29, 0.717) is 18.8 Å². The van der Waals surface area contributed by atoms with Crippen molar-refractivity contribution in [3.63, 3.8) is 0 Å². The first-order valence-corrected chi connectivity index (χ1v) is 7.94. The lowest BCUT2D eigenvalue weighted by molar-refractivity contribution is -0.383. The molecule has 0 radical (unpaired) electrons. The van der Waals surface area contributed by atoms with Crippen molar-refractivity contribution in [2.75, 3.05) is 5.32 Å². The Morgan fingerprint density at radius 2 is 1.96 bits per heavy atom. The molecule has 8 nitrogen and oxygen atoms in total. The fraction of sp³-hybridized carbons (Fsp3) is 0.167.